The number of halogens is 2. The van der Waals surface area contributed by atoms with Crippen LogP contribution in [0.25, 0.3) is 0 Å². The van der Waals surface area contributed by atoms with Crippen LogP contribution in [0.4, 0.5) is 5.69 Å². The maximum Gasteiger partial charge on any atom is 0.264 e. The summed E-state index contributed by atoms with van der Waals surface area (Å²) in [6.45, 7) is 7.24. The summed E-state index contributed by atoms with van der Waals surface area (Å²) < 4.78 is 28.9. The molecule has 220 valence electrons. The van der Waals surface area contributed by atoms with Gasteiger partial charge in [0.15, 0.2) is 0 Å². The van der Waals surface area contributed by atoms with E-state index in [1.165, 1.54) is 35.2 Å². The third kappa shape index (κ3) is 8.71. The number of nitrogens with one attached hydrogen (secondary N) is 1. The third-order valence-electron chi connectivity index (χ3n) is 6.89. The second-order valence-corrected chi connectivity index (χ2v) is 12.8. The quantitative estimate of drug-likeness (QED) is 0.245. The number of amides is 2. The second-order valence-electron chi connectivity index (χ2n) is 10.0. The van der Waals surface area contributed by atoms with Crippen molar-refractivity contribution in [1.82, 2.24) is 10.2 Å². The van der Waals surface area contributed by atoms with Crippen LogP contribution in [0.2, 0.25) is 10.0 Å². The minimum absolute atomic E-state index is 0.0180. The van der Waals surface area contributed by atoms with E-state index < -0.39 is 28.5 Å². The molecule has 1 N–H and O–H groups in total. The number of carbonyl (C=O) groups excluding carboxylic acids is 2. The molecular formula is C31H37Cl2N3O4S. The molecule has 10 heteroatoms. The predicted molar refractivity (Wildman–Crippen MR) is 166 cm³/mol. The maximum absolute atomic E-state index is 14.1. The van der Waals surface area contributed by atoms with E-state index in [1.54, 1.807) is 12.1 Å². The van der Waals surface area contributed by atoms with Crippen molar-refractivity contribution in [3.8, 4) is 0 Å². The van der Waals surface area contributed by atoms with Gasteiger partial charge in [0.25, 0.3) is 10.0 Å². The van der Waals surface area contributed by atoms with E-state index in [-0.39, 0.29) is 39.1 Å². The van der Waals surface area contributed by atoms with Crippen molar-refractivity contribution in [3.63, 3.8) is 0 Å². The summed E-state index contributed by atoms with van der Waals surface area (Å²) in [5.41, 5.74) is 2.03. The Morgan fingerprint density at radius 1 is 0.902 bits per heavy atom. The molecule has 0 aliphatic carbocycles. The Bertz CT molecular complexity index is 1410. The molecule has 0 saturated heterocycles. The van der Waals surface area contributed by atoms with Crippen molar-refractivity contribution < 1.29 is 18.0 Å². The summed E-state index contributed by atoms with van der Waals surface area (Å²) in [6.07, 6.45) is 1.59. The maximum atomic E-state index is 14.1. The number of anilines is 1. The molecule has 0 heterocycles. The fourth-order valence-corrected chi connectivity index (χ4v) is 6.30. The smallest absolute Gasteiger partial charge is 0.264 e. The number of carbonyl (C=O) groups is 2. The van der Waals surface area contributed by atoms with Crippen LogP contribution in [-0.4, -0.2) is 50.3 Å². The number of aryl methyl sites for hydroxylation is 1. The lowest BCUT2D eigenvalue weighted by Crippen LogP contribution is -2.54. The molecule has 3 rings (SSSR count). The van der Waals surface area contributed by atoms with Crippen molar-refractivity contribution in [2.45, 2.75) is 63.9 Å². The van der Waals surface area contributed by atoms with Crippen molar-refractivity contribution in [3.05, 3.63) is 94.0 Å². The van der Waals surface area contributed by atoms with Crippen LogP contribution in [0.1, 0.15) is 44.7 Å². The van der Waals surface area contributed by atoms with Gasteiger partial charge in [-0.3, -0.25) is 13.9 Å². The number of sulfonamides is 1. The van der Waals surface area contributed by atoms with E-state index in [0.29, 0.717) is 12.8 Å². The molecular weight excluding hydrogens is 581 g/mol. The first-order chi connectivity index (χ1) is 19.5. The van der Waals surface area contributed by atoms with E-state index >= 15 is 0 Å². The molecule has 0 unspecified atom stereocenters. The first kappa shape index (κ1) is 32.4. The largest absolute Gasteiger partial charge is 0.352 e. The Morgan fingerprint density at radius 2 is 1.51 bits per heavy atom. The molecule has 0 bridgehead atoms. The van der Waals surface area contributed by atoms with Crippen LogP contribution in [0.3, 0.4) is 0 Å². The summed E-state index contributed by atoms with van der Waals surface area (Å²) in [5, 5.41) is 3.43. The van der Waals surface area contributed by atoms with E-state index in [9.17, 15) is 18.0 Å². The number of rotatable bonds is 13. The molecule has 0 saturated carbocycles. The molecule has 41 heavy (non-hydrogen) atoms. The molecule has 0 radical (unpaired) electrons. The minimum atomic E-state index is -4.21. The highest BCUT2D eigenvalue weighted by molar-refractivity contribution is 7.92. The molecule has 0 aliphatic rings. The van der Waals surface area contributed by atoms with Crippen LogP contribution in [0, 0.1) is 6.92 Å². The third-order valence-corrected chi connectivity index (χ3v) is 9.12. The fraction of sp³-hybridized carbons (Fsp3) is 0.355. The monoisotopic (exact) mass is 617 g/mol. The van der Waals surface area contributed by atoms with Crippen LogP contribution < -0.4 is 9.62 Å². The zero-order chi connectivity index (χ0) is 30.2. The molecule has 3 aromatic carbocycles. The molecule has 7 nitrogen and oxygen atoms in total. The van der Waals surface area contributed by atoms with Crippen molar-refractivity contribution >= 4 is 50.7 Å². The SMILES string of the molecule is CC[C@H](C)NC(=O)[C@H](CC)N(CCc1ccccc1)C(=O)CN(c1cc(Cl)cc(Cl)c1)S(=O)(=O)c1ccc(C)cc1. The Morgan fingerprint density at radius 3 is 2.07 bits per heavy atom. The van der Waals surface area contributed by atoms with Gasteiger partial charge in [-0.15, -0.1) is 0 Å². The summed E-state index contributed by atoms with van der Waals surface area (Å²) in [5.74, 6) is -0.791. The highest BCUT2D eigenvalue weighted by Crippen LogP contribution is 2.30. The Labute approximate surface area is 253 Å². The minimum Gasteiger partial charge on any atom is -0.352 e. The lowest BCUT2D eigenvalue weighted by molar-refractivity contribution is -0.139. The van der Waals surface area contributed by atoms with Crippen LogP contribution in [-0.2, 0) is 26.0 Å². The van der Waals surface area contributed by atoms with Crippen molar-refractivity contribution in [2.24, 2.45) is 0 Å². The first-order valence-electron chi connectivity index (χ1n) is 13.7. The van der Waals surface area contributed by atoms with Gasteiger partial charge in [0.05, 0.1) is 10.6 Å². The van der Waals surface area contributed by atoms with Gasteiger partial charge >= 0.3 is 0 Å². The second kappa shape index (κ2) is 14.7. The average Bonchev–Trinajstić information content (AvgIpc) is 2.93. The first-order valence-corrected chi connectivity index (χ1v) is 15.8. The van der Waals surface area contributed by atoms with Gasteiger partial charge in [-0.1, -0.05) is 85.1 Å². The van der Waals surface area contributed by atoms with Gasteiger partial charge < -0.3 is 10.2 Å². The van der Waals surface area contributed by atoms with E-state index in [1.807, 2.05) is 58.0 Å². The molecule has 0 fully saturated rings. The zero-order valence-electron chi connectivity index (χ0n) is 23.8. The van der Waals surface area contributed by atoms with Crippen molar-refractivity contribution in [2.75, 3.05) is 17.4 Å². The van der Waals surface area contributed by atoms with Crippen LogP contribution in [0.15, 0.2) is 77.7 Å². The van der Waals surface area contributed by atoms with Gasteiger partial charge in [-0.25, -0.2) is 8.42 Å². The lowest BCUT2D eigenvalue weighted by Gasteiger charge is -2.33. The molecule has 0 spiro atoms. The number of hydrogen-bond donors (Lipinski definition) is 1. The number of nitrogens with zero attached hydrogens (tertiary/aromatic N) is 2. The van der Waals surface area contributed by atoms with E-state index in [0.717, 1.165) is 21.9 Å². The molecule has 0 aromatic heterocycles. The normalized spacial score (nSPS) is 12.8. The predicted octanol–water partition coefficient (Wildman–Crippen LogP) is 6.26. The highest BCUT2D eigenvalue weighted by atomic mass is 35.5. The molecule has 0 aliphatic heterocycles. The standard InChI is InChI=1S/C31H37Cl2N3O4S/c1-5-23(4)34-31(38)29(6-2)35(17-16-24-10-8-7-9-11-24)30(37)21-36(27-19-25(32)18-26(33)20-27)41(39,40)28-14-12-22(3)13-15-28/h7-15,18-20,23,29H,5-6,16-17,21H2,1-4H3,(H,34,38)/t23-,29-/m0/s1. The summed E-state index contributed by atoms with van der Waals surface area (Å²) in [7, 11) is -4.21. The summed E-state index contributed by atoms with van der Waals surface area (Å²) in [4.78, 5) is 28.9. The van der Waals surface area contributed by atoms with Gasteiger partial charge in [-0.2, -0.15) is 0 Å². The molecule has 3 aromatic rings. The summed E-state index contributed by atoms with van der Waals surface area (Å²) in [6, 6.07) is 19.5. The topological polar surface area (TPSA) is 86.8 Å². The highest BCUT2D eigenvalue weighted by Gasteiger charge is 2.34. The lowest BCUT2D eigenvalue weighted by atomic mass is 10.1. The average molecular weight is 619 g/mol. The van der Waals surface area contributed by atoms with Gasteiger partial charge in [0.1, 0.15) is 12.6 Å². The fourth-order valence-electron chi connectivity index (χ4n) is 4.39. The summed E-state index contributed by atoms with van der Waals surface area (Å²) >= 11 is 12.5. The Kier molecular flexibility index (Phi) is 11.6. The van der Waals surface area contributed by atoms with Gasteiger partial charge in [-0.05, 0) is 69.0 Å². The molecule has 2 atom stereocenters. The van der Waals surface area contributed by atoms with Crippen LogP contribution >= 0.6 is 23.2 Å². The molecule has 2 amide bonds. The van der Waals surface area contributed by atoms with E-state index in [2.05, 4.69) is 5.32 Å². The van der Waals surface area contributed by atoms with Gasteiger partial charge in [0, 0.05) is 22.6 Å². The Hall–Kier alpha value is -3.07. The van der Waals surface area contributed by atoms with E-state index in [4.69, 9.17) is 23.2 Å². The zero-order valence-corrected chi connectivity index (χ0v) is 26.1. The van der Waals surface area contributed by atoms with Crippen molar-refractivity contribution in [1.29, 1.82) is 0 Å². The van der Waals surface area contributed by atoms with Gasteiger partial charge in [0.2, 0.25) is 11.8 Å². The Balaban J connectivity index is 2.04. The number of benzene rings is 3. The number of hydrogen-bond acceptors (Lipinski definition) is 4. The van der Waals surface area contributed by atoms with Crippen LogP contribution in [0.5, 0.6) is 0 Å².